The van der Waals surface area contributed by atoms with Crippen LogP contribution in [0.1, 0.15) is 0 Å². The molecule has 23 heavy (non-hydrogen) atoms. The third-order valence-electron chi connectivity index (χ3n) is 4.09. The third-order valence-corrected chi connectivity index (χ3v) is 4.41. The Kier molecular flexibility index (Phi) is 3.36. The van der Waals surface area contributed by atoms with E-state index in [-0.39, 0.29) is 10.9 Å². The molecule has 2 aromatic heterocycles. The lowest BCUT2D eigenvalue weighted by Gasteiger charge is -2.29. The lowest BCUT2D eigenvalue weighted by molar-refractivity contribution is 0.588. The predicted octanol–water partition coefficient (Wildman–Crippen LogP) is 1.99. The summed E-state index contributed by atoms with van der Waals surface area (Å²) in [6.45, 7) is 3.44. The van der Waals surface area contributed by atoms with Gasteiger partial charge in [-0.3, -0.25) is 4.79 Å². The van der Waals surface area contributed by atoms with E-state index in [1.165, 1.54) is 0 Å². The van der Waals surface area contributed by atoms with E-state index in [2.05, 4.69) is 15.2 Å². The monoisotopic (exact) mass is 330 g/mol. The number of nitrogens with two attached hydrogens (primary N) is 1. The Morgan fingerprint density at radius 3 is 2.83 bits per heavy atom. The van der Waals surface area contributed by atoms with Crippen LogP contribution in [0.3, 0.4) is 0 Å². The molecule has 1 aliphatic rings. The Bertz CT molecular complexity index is 964. The molecule has 0 bridgehead atoms. The van der Waals surface area contributed by atoms with Crippen molar-refractivity contribution >= 4 is 45.2 Å². The summed E-state index contributed by atoms with van der Waals surface area (Å²) in [5.41, 5.74) is 7.70. The zero-order valence-corrected chi connectivity index (χ0v) is 13.1. The van der Waals surface area contributed by atoms with Gasteiger partial charge in [0.25, 0.3) is 0 Å². The molecule has 3 N–H and O–H groups in total. The van der Waals surface area contributed by atoms with Crippen LogP contribution < -0.4 is 21.4 Å². The Morgan fingerprint density at radius 2 is 2.04 bits per heavy atom. The van der Waals surface area contributed by atoms with Crippen LogP contribution in [0.5, 0.6) is 0 Å². The number of hydrogen-bond acceptors (Lipinski definition) is 6. The zero-order chi connectivity index (χ0) is 16.0. The molecule has 3 heterocycles. The van der Waals surface area contributed by atoms with Crippen molar-refractivity contribution in [1.82, 2.24) is 10.3 Å². The van der Waals surface area contributed by atoms with Crippen molar-refractivity contribution in [2.24, 2.45) is 0 Å². The van der Waals surface area contributed by atoms with Crippen LogP contribution in [-0.2, 0) is 0 Å². The first-order valence-corrected chi connectivity index (χ1v) is 7.80. The second-order valence-electron chi connectivity index (χ2n) is 5.52. The largest absolute Gasteiger partial charge is 0.454 e. The van der Waals surface area contributed by atoms with E-state index in [9.17, 15) is 4.79 Å². The smallest absolute Gasteiger partial charge is 0.220 e. The van der Waals surface area contributed by atoms with E-state index in [4.69, 9.17) is 21.8 Å². The molecule has 0 aliphatic carbocycles. The number of rotatable bonds is 1. The molecule has 0 amide bonds. The molecule has 0 unspecified atom stereocenters. The molecule has 0 spiro atoms. The minimum Gasteiger partial charge on any atom is -0.454 e. The van der Waals surface area contributed by atoms with E-state index in [0.717, 1.165) is 31.9 Å². The molecule has 118 valence electrons. The van der Waals surface area contributed by atoms with Gasteiger partial charge >= 0.3 is 0 Å². The van der Waals surface area contributed by atoms with Crippen molar-refractivity contribution in [2.75, 3.05) is 36.8 Å². The average molecular weight is 331 g/mol. The van der Waals surface area contributed by atoms with Crippen molar-refractivity contribution < 1.29 is 4.42 Å². The number of benzene rings is 1. The Balaban J connectivity index is 1.98. The molecular weight excluding hydrogens is 316 g/mol. The summed E-state index contributed by atoms with van der Waals surface area (Å²) in [5, 5.41) is 3.98. The van der Waals surface area contributed by atoms with Gasteiger partial charge in [-0.05, 0) is 12.1 Å². The first-order chi connectivity index (χ1) is 11.1. The maximum absolute atomic E-state index is 12.7. The summed E-state index contributed by atoms with van der Waals surface area (Å²) in [6.07, 6.45) is 0. The molecule has 4 rings (SSSR count). The number of nitrogen functional groups attached to an aromatic ring is 1. The molecule has 1 aromatic carbocycles. The lowest BCUT2D eigenvalue weighted by Crippen LogP contribution is -2.43. The van der Waals surface area contributed by atoms with Gasteiger partial charge in [-0.25, -0.2) is 4.98 Å². The summed E-state index contributed by atoms with van der Waals surface area (Å²) in [6, 6.07) is 6.93. The van der Waals surface area contributed by atoms with Crippen LogP contribution in [-0.4, -0.2) is 31.2 Å². The van der Waals surface area contributed by atoms with Crippen molar-refractivity contribution in [2.45, 2.75) is 0 Å². The second-order valence-corrected chi connectivity index (χ2v) is 5.93. The van der Waals surface area contributed by atoms with E-state index >= 15 is 0 Å². The molecule has 0 radical (unpaired) electrons. The SMILES string of the molecule is Nc1nc2c(=O)c3c(Cl)cccc3oc2cc1N1CCNCC1. The molecule has 1 aliphatic heterocycles. The number of pyridine rings is 1. The quantitative estimate of drug-likeness (QED) is 0.664. The van der Waals surface area contributed by atoms with E-state index in [1.54, 1.807) is 24.3 Å². The van der Waals surface area contributed by atoms with Gasteiger partial charge in [0.2, 0.25) is 5.43 Å². The van der Waals surface area contributed by atoms with Crippen LogP contribution in [0.15, 0.2) is 33.5 Å². The third kappa shape index (κ3) is 2.31. The van der Waals surface area contributed by atoms with Gasteiger partial charge in [0.05, 0.1) is 16.1 Å². The fourth-order valence-corrected chi connectivity index (χ4v) is 3.20. The van der Waals surface area contributed by atoms with Crippen molar-refractivity contribution in [3.63, 3.8) is 0 Å². The lowest BCUT2D eigenvalue weighted by atomic mass is 10.2. The number of aromatic nitrogens is 1. The van der Waals surface area contributed by atoms with Crippen LogP contribution in [0.4, 0.5) is 11.5 Å². The van der Waals surface area contributed by atoms with Crippen molar-refractivity contribution in [3.05, 3.63) is 39.5 Å². The highest BCUT2D eigenvalue weighted by molar-refractivity contribution is 6.35. The molecule has 7 heteroatoms. The maximum atomic E-state index is 12.7. The van der Waals surface area contributed by atoms with E-state index in [1.807, 2.05) is 0 Å². The molecule has 1 saturated heterocycles. The average Bonchev–Trinajstić information content (AvgIpc) is 2.56. The number of fused-ring (bicyclic) bond motifs is 2. The molecule has 0 atom stereocenters. The van der Waals surface area contributed by atoms with Crippen LogP contribution in [0.25, 0.3) is 22.1 Å². The first kappa shape index (κ1) is 14.3. The normalized spacial score (nSPS) is 15.4. The molecule has 1 fully saturated rings. The number of nitrogens with one attached hydrogen (secondary N) is 1. The molecule has 6 nitrogen and oxygen atoms in total. The number of hydrogen-bond donors (Lipinski definition) is 2. The van der Waals surface area contributed by atoms with Crippen LogP contribution in [0, 0.1) is 0 Å². The summed E-state index contributed by atoms with van der Waals surface area (Å²) < 4.78 is 5.85. The fraction of sp³-hybridized carbons (Fsp3) is 0.250. The predicted molar refractivity (Wildman–Crippen MR) is 92.3 cm³/mol. The molecule has 3 aromatic rings. The van der Waals surface area contributed by atoms with Crippen molar-refractivity contribution in [3.8, 4) is 0 Å². The summed E-state index contributed by atoms with van der Waals surface area (Å²) in [4.78, 5) is 19.1. The number of piperazine rings is 1. The topological polar surface area (TPSA) is 84.4 Å². The van der Waals surface area contributed by atoms with Gasteiger partial charge in [0.1, 0.15) is 11.4 Å². The van der Waals surface area contributed by atoms with Gasteiger partial charge in [-0.15, -0.1) is 0 Å². The minimum atomic E-state index is -0.259. The van der Waals surface area contributed by atoms with Crippen LogP contribution >= 0.6 is 11.6 Å². The Morgan fingerprint density at radius 1 is 1.26 bits per heavy atom. The van der Waals surface area contributed by atoms with E-state index < -0.39 is 0 Å². The maximum Gasteiger partial charge on any atom is 0.220 e. The number of anilines is 2. The van der Waals surface area contributed by atoms with Gasteiger partial charge in [-0.1, -0.05) is 17.7 Å². The second kappa shape index (κ2) is 5.40. The Labute approximate surface area is 136 Å². The minimum absolute atomic E-state index is 0.210. The Hall–Kier alpha value is -2.31. The van der Waals surface area contributed by atoms with Gasteiger partial charge < -0.3 is 20.4 Å². The fourth-order valence-electron chi connectivity index (χ4n) is 2.95. The molecule has 0 saturated carbocycles. The highest BCUT2D eigenvalue weighted by Gasteiger charge is 2.18. The van der Waals surface area contributed by atoms with Crippen molar-refractivity contribution in [1.29, 1.82) is 0 Å². The van der Waals surface area contributed by atoms with E-state index in [0.29, 0.717) is 27.4 Å². The number of nitrogens with zero attached hydrogens (tertiary/aromatic N) is 2. The van der Waals surface area contributed by atoms with Gasteiger partial charge in [0.15, 0.2) is 11.1 Å². The highest BCUT2D eigenvalue weighted by atomic mass is 35.5. The standard InChI is InChI=1S/C16H15ClN4O2/c17-9-2-1-3-11-13(9)15(22)14-12(23-11)8-10(16(18)20-14)21-6-4-19-5-7-21/h1-3,8,19H,4-7H2,(H2,18,20). The molecular formula is C16H15ClN4O2. The zero-order valence-electron chi connectivity index (χ0n) is 12.3. The van der Waals surface area contributed by atoms with Gasteiger partial charge in [-0.2, -0.15) is 0 Å². The summed E-state index contributed by atoms with van der Waals surface area (Å²) in [5.74, 6) is 0.332. The summed E-state index contributed by atoms with van der Waals surface area (Å²) >= 11 is 6.12. The number of halogens is 1. The van der Waals surface area contributed by atoms with Gasteiger partial charge in [0, 0.05) is 32.2 Å². The summed E-state index contributed by atoms with van der Waals surface area (Å²) in [7, 11) is 0. The van der Waals surface area contributed by atoms with Crippen LogP contribution in [0.2, 0.25) is 5.02 Å². The first-order valence-electron chi connectivity index (χ1n) is 7.42. The highest BCUT2D eigenvalue weighted by Crippen LogP contribution is 2.29.